The fraction of sp³-hybridized carbons (Fsp3) is 0.526. The van der Waals surface area contributed by atoms with Crippen molar-refractivity contribution in [2.24, 2.45) is 12.5 Å². The predicted octanol–water partition coefficient (Wildman–Crippen LogP) is 3.66. The average Bonchev–Trinajstić information content (AvgIpc) is 2.92. The summed E-state index contributed by atoms with van der Waals surface area (Å²) in [6, 6.07) is 8.14. The lowest BCUT2D eigenvalue weighted by Gasteiger charge is -2.36. The zero-order valence-corrected chi connectivity index (χ0v) is 14.1. The van der Waals surface area contributed by atoms with Gasteiger partial charge in [-0.15, -0.1) is 0 Å². The summed E-state index contributed by atoms with van der Waals surface area (Å²) >= 11 is 0. The number of fused-ring (bicyclic) bond motifs is 5. The fourth-order valence-electron chi connectivity index (χ4n) is 5.10. The molecule has 116 valence electrons. The summed E-state index contributed by atoms with van der Waals surface area (Å²) in [6.07, 6.45) is 2.33. The number of nitrogens with zero attached hydrogens (tertiary/aromatic N) is 2. The third-order valence-corrected chi connectivity index (χ3v) is 6.74. The molecule has 1 saturated carbocycles. The Morgan fingerprint density at radius 2 is 1.86 bits per heavy atom. The maximum atomic E-state index is 13.2. The largest absolute Gasteiger partial charge is 0.284 e. The van der Waals surface area contributed by atoms with Crippen molar-refractivity contribution in [1.29, 1.82) is 0 Å². The molecule has 0 spiro atoms. The van der Waals surface area contributed by atoms with Crippen LogP contribution in [0, 0.1) is 12.3 Å². The molecule has 2 aliphatic carbocycles. The molecule has 0 saturated heterocycles. The van der Waals surface area contributed by atoms with E-state index in [4.69, 9.17) is 0 Å². The summed E-state index contributed by atoms with van der Waals surface area (Å²) in [6.45, 7) is 9.09. The van der Waals surface area contributed by atoms with E-state index in [9.17, 15) is 4.79 Å². The zero-order chi connectivity index (χ0) is 15.9. The molecular weight excluding hydrogens is 272 g/mol. The van der Waals surface area contributed by atoms with Crippen molar-refractivity contribution < 1.29 is 0 Å². The lowest BCUT2D eigenvalue weighted by molar-refractivity contribution is 0.218. The van der Waals surface area contributed by atoms with Crippen LogP contribution in [0.25, 0.3) is 5.69 Å². The lowest BCUT2D eigenvalue weighted by atomic mass is 9.70. The second kappa shape index (κ2) is 3.95. The van der Waals surface area contributed by atoms with Gasteiger partial charge in [-0.05, 0) is 42.7 Å². The minimum atomic E-state index is 0.106. The van der Waals surface area contributed by atoms with Gasteiger partial charge in [0.05, 0.1) is 11.4 Å². The molecule has 1 aromatic heterocycles. The Morgan fingerprint density at radius 3 is 2.50 bits per heavy atom. The summed E-state index contributed by atoms with van der Waals surface area (Å²) in [5, 5.41) is 0. The van der Waals surface area contributed by atoms with Gasteiger partial charge in [0.1, 0.15) is 0 Å². The van der Waals surface area contributed by atoms with Gasteiger partial charge in [0.15, 0.2) is 0 Å². The van der Waals surface area contributed by atoms with Crippen LogP contribution in [-0.4, -0.2) is 9.36 Å². The normalized spacial score (nSPS) is 28.1. The van der Waals surface area contributed by atoms with E-state index in [-0.39, 0.29) is 16.4 Å². The first kappa shape index (κ1) is 13.9. The van der Waals surface area contributed by atoms with Crippen LogP contribution >= 0.6 is 0 Å². The molecule has 0 radical (unpaired) electrons. The monoisotopic (exact) mass is 296 g/mol. The second-order valence-electron chi connectivity index (χ2n) is 7.83. The Balaban J connectivity index is 2.05. The van der Waals surface area contributed by atoms with Crippen LogP contribution in [0.2, 0.25) is 0 Å². The van der Waals surface area contributed by atoms with Crippen LogP contribution in [0.5, 0.6) is 0 Å². The molecule has 0 aliphatic heterocycles. The Hall–Kier alpha value is -1.77. The molecule has 1 fully saturated rings. The summed E-state index contributed by atoms with van der Waals surface area (Å²) in [5.74, 6) is 0.400. The Kier molecular flexibility index (Phi) is 2.49. The van der Waals surface area contributed by atoms with Crippen LogP contribution in [0.1, 0.15) is 56.4 Å². The third-order valence-electron chi connectivity index (χ3n) is 6.74. The number of para-hydroxylation sites is 1. The molecule has 2 bridgehead atoms. The average molecular weight is 296 g/mol. The molecule has 2 unspecified atom stereocenters. The molecule has 2 atom stereocenters. The van der Waals surface area contributed by atoms with E-state index in [2.05, 4.69) is 45.5 Å². The Bertz CT molecular complexity index is 840. The van der Waals surface area contributed by atoms with Crippen molar-refractivity contribution in [3.63, 3.8) is 0 Å². The number of hydrogen-bond acceptors (Lipinski definition) is 1. The minimum Gasteiger partial charge on any atom is -0.284 e. The van der Waals surface area contributed by atoms with Gasteiger partial charge >= 0.3 is 0 Å². The first-order valence-electron chi connectivity index (χ1n) is 8.19. The fourth-order valence-corrected chi connectivity index (χ4v) is 5.10. The topological polar surface area (TPSA) is 26.9 Å². The van der Waals surface area contributed by atoms with Gasteiger partial charge in [-0.2, -0.15) is 0 Å². The summed E-state index contributed by atoms with van der Waals surface area (Å²) in [5.41, 5.74) is 4.96. The smallest absolute Gasteiger partial charge is 0.275 e. The minimum absolute atomic E-state index is 0.106. The van der Waals surface area contributed by atoms with Gasteiger partial charge < -0.3 is 0 Å². The highest BCUT2D eigenvalue weighted by molar-refractivity contribution is 5.48. The van der Waals surface area contributed by atoms with Crippen LogP contribution in [0.4, 0.5) is 0 Å². The van der Waals surface area contributed by atoms with Crippen molar-refractivity contribution in [2.45, 2.75) is 51.9 Å². The molecule has 2 aliphatic rings. The van der Waals surface area contributed by atoms with Gasteiger partial charge in [0.2, 0.25) is 0 Å². The van der Waals surface area contributed by atoms with E-state index in [0.29, 0.717) is 5.92 Å². The molecule has 3 heteroatoms. The molecule has 0 amide bonds. The number of hydrogen-bond donors (Lipinski definition) is 0. The first-order valence-corrected chi connectivity index (χ1v) is 8.19. The maximum absolute atomic E-state index is 13.2. The van der Waals surface area contributed by atoms with Crippen LogP contribution in [0.3, 0.4) is 0 Å². The zero-order valence-electron chi connectivity index (χ0n) is 14.1. The molecule has 3 nitrogen and oxygen atoms in total. The van der Waals surface area contributed by atoms with Crippen molar-refractivity contribution in [2.75, 3.05) is 0 Å². The van der Waals surface area contributed by atoms with Gasteiger partial charge in [0, 0.05) is 18.0 Å². The quantitative estimate of drug-likeness (QED) is 0.789. The SMILES string of the molecule is Cc1ccccc1-n1c(=O)c2c(n1C)C1(C)CCC2C1(C)C. The number of aromatic nitrogens is 2. The van der Waals surface area contributed by atoms with E-state index >= 15 is 0 Å². The van der Waals surface area contributed by atoms with Crippen molar-refractivity contribution in [1.82, 2.24) is 9.36 Å². The highest BCUT2D eigenvalue weighted by Gasteiger charge is 2.62. The summed E-state index contributed by atoms with van der Waals surface area (Å²) in [4.78, 5) is 13.2. The maximum Gasteiger partial charge on any atom is 0.275 e. The van der Waals surface area contributed by atoms with Crippen molar-refractivity contribution >= 4 is 0 Å². The van der Waals surface area contributed by atoms with E-state index < -0.39 is 0 Å². The van der Waals surface area contributed by atoms with Crippen molar-refractivity contribution in [3.05, 3.63) is 51.4 Å². The molecule has 1 aromatic carbocycles. The molecule has 1 heterocycles. The third kappa shape index (κ3) is 1.31. The second-order valence-corrected chi connectivity index (χ2v) is 7.83. The van der Waals surface area contributed by atoms with Crippen LogP contribution < -0.4 is 5.56 Å². The summed E-state index contributed by atoms with van der Waals surface area (Å²) < 4.78 is 4.01. The van der Waals surface area contributed by atoms with Gasteiger partial charge in [-0.1, -0.05) is 39.0 Å². The molecule has 2 aromatic rings. The molecule has 22 heavy (non-hydrogen) atoms. The molecule has 0 N–H and O–H groups in total. The summed E-state index contributed by atoms with van der Waals surface area (Å²) in [7, 11) is 2.05. The Morgan fingerprint density at radius 1 is 1.18 bits per heavy atom. The van der Waals surface area contributed by atoms with Gasteiger partial charge in [-0.3, -0.25) is 9.48 Å². The standard InChI is InChI=1S/C19H24N2O/c1-12-8-6-7-9-14(12)21-17(22)15-13-10-11-19(4,18(13,2)3)16(15)20(21)5/h6-9,13H,10-11H2,1-5H3. The number of benzene rings is 1. The van der Waals surface area contributed by atoms with Crippen LogP contribution in [0.15, 0.2) is 29.1 Å². The molecular formula is C19H24N2O. The number of aryl methyl sites for hydroxylation is 1. The Labute approximate surface area is 131 Å². The number of rotatable bonds is 1. The van der Waals surface area contributed by atoms with Gasteiger partial charge in [-0.25, -0.2) is 4.68 Å². The van der Waals surface area contributed by atoms with Crippen LogP contribution in [-0.2, 0) is 12.5 Å². The van der Waals surface area contributed by atoms with Crippen molar-refractivity contribution in [3.8, 4) is 5.69 Å². The lowest BCUT2D eigenvalue weighted by Crippen LogP contribution is -2.35. The molecule has 4 rings (SSSR count). The van der Waals surface area contributed by atoms with E-state index in [1.807, 2.05) is 22.9 Å². The predicted molar refractivity (Wildman–Crippen MR) is 88.9 cm³/mol. The van der Waals surface area contributed by atoms with E-state index in [1.165, 1.54) is 12.1 Å². The highest BCUT2D eigenvalue weighted by Crippen LogP contribution is 2.66. The van der Waals surface area contributed by atoms with Gasteiger partial charge in [0.25, 0.3) is 5.56 Å². The van der Waals surface area contributed by atoms with E-state index in [1.54, 1.807) is 0 Å². The van der Waals surface area contributed by atoms with E-state index in [0.717, 1.165) is 23.2 Å². The first-order chi connectivity index (χ1) is 10.3. The highest BCUT2D eigenvalue weighted by atomic mass is 16.1.